The molecule has 2 aliphatic rings. The summed E-state index contributed by atoms with van der Waals surface area (Å²) < 4.78 is 7.56. The molecule has 5 rings (SSSR count). The number of para-hydroxylation sites is 1. The van der Waals surface area contributed by atoms with Gasteiger partial charge in [-0.2, -0.15) is 0 Å². The fourth-order valence-corrected chi connectivity index (χ4v) is 4.84. The molecule has 0 saturated heterocycles. The summed E-state index contributed by atoms with van der Waals surface area (Å²) in [6.07, 6.45) is 6.12. The number of imidazole rings is 1. The largest absolute Gasteiger partial charge is 0.467 e. The van der Waals surface area contributed by atoms with Crippen LogP contribution in [0, 0.1) is 11.8 Å². The van der Waals surface area contributed by atoms with Crippen LogP contribution in [0.3, 0.4) is 0 Å². The van der Waals surface area contributed by atoms with Crippen molar-refractivity contribution in [2.45, 2.75) is 38.5 Å². The van der Waals surface area contributed by atoms with Crippen molar-refractivity contribution in [1.29, 1.82) is 0 Å². The predicted molar refractivity (Wildman–Crippen MR) is 145 cm³/mol. The van der Waals surface area contributed by atoms with E-state index in [0.717, 1.165) is 29.7 Å². The van der Waals surface area contributed by atoms with E-state index in [1.54, 1.807) is 35.2 Å². The lowest BCUT2D eigenvalue weighted by Crippen LogP contribution is -2.49. The molecule has 9 heteroatoms. The molecule has 37 heavy (non-hydrogen) atoms. The Morgan fingerprint density at radius 1 is 1.16 bits per heavy atom. The number of anilines is 1. The van der Waals surface area contributed by atoms with Crippen molar-refractivity contribution < 1.29 is 14.3 Å². The first-order valence-electron chi connectivity index (χ1n) is 12.4. The first-order chi connectivity index (χ1) is 17.9. The van der Waals surface area contributed by atoms with Gasteiger partial charge in [0.1, 0.15) is 12.4 Å². The summed E-state index contributed by atoms with van der Waals surface area (Å²) in [5, 5.41) is 3.16. The fraction of sp³-hybridized carbons (Fsp3) is 0.321. The number of carbonyl (C=O) groups is 2. The molecule has 3 aromatic rings. The zero-order chi connectivity index (χ0) is 25.9. The standard InChI is InChI=1S/C28H29N5O3S/c1-18(36-28(37)33-15-14-29-17-33)22(16-19-12-13-19)26(34)31-25-27(35)32(2)23-11-7-6-10-21(23)24(30-25)20-8-4-3-5-9-20/h3-11,14-15,17-19,22,25H,12-13,16H2,1-2H3,(H,31,34)/t18?,22?,25-/m1/s1. The molecule has 3 atom stereocenters. The molecule has 0 spiro atoms. The van der Waals surface area contributed by atoms with Crippen LogP contribution in [0.25, 0.3) is 0 Å². The molecule has 190 valence electrons. The SMILES string of the molecule is CC(OC(=S)n1ccnc1)C(CC1CC1)C(=O)N[C@H]1N=C(c2ccccc2)c2ccccc2N(C)C1=O. The smallest absolute Gasteiger partial charge is 0.272 e. The van der Waals surface area contributed by atoms with Gasteiger partial charge in [0.15, 0.2) is 0 Å². The maximum absolute atomic E-state index is 13.7. The molecule has 1 N–H and O–H groups in total. The number of nitrogens with one attached hydrogen (secondary N) is 1. The summed E-state index contributed by atoms with van der Waals surface area (Å²) >= 11 is 5.40. The minimum absolute atomic E-state index is 0.226. The molecule has 1 saturated carbocycles. The molecular formula is C28H29N5O3S. The van der Waals surface area contributed by atoms with Crippen LogP contribution < -0.4 is 10.2 Å². The topological polar surface area (TPSA) is 88.8 Å². The summed E-state index contributed by atoms with van der Waals surface area (Å²) in [5.74, 6) is -0.613. The Kier molecular flexibility index (Phi) is 7.14. The maximum Gasteiger partial charge on any atom is 0.272 e. The van der Waals surface area contributed by atoms with Gasteiger partial charge < -0.3 is 15.0 Å². The second kappa shape index (κ2) is 10.6. The van der Waals surface area contributed by atoms with E-state index in [4.69, 9.17) is 21.9 Å². The van der Waals surface area contributed by atoms with Crippen molar-refractivity contribution >= 4 is 40.6 Å². The zero-order valence-electron chi connectivity index (χ0n) is 20.8. The lowest BCUT2D eigenvalue weighted by Gasteiger charge is -2.26. The van der Waals surface area contributed by atoms with Gasteiger partial charge >= 0.3 is 0 Å². The molecule has 0 bridgehead atoms. The first kappa shape index (κ1) is 24.8. The molecule has 2 aromatic carbocycles. The van der Waals surface area contributed by atoms with E-state index in [1.807, 2.05) is 61.5 Å². The highest BCUT2D eigenvalue weighted by molar-refractivity contribution is 7.80. The van der Waals surface area contributed by atoms with Crippen LogP contribution in [-0.4, -0.2) is 51.6 Å². The number of aliphatic imine (C=N–C) groups is 1. The number of aromatic nitrogens is 2. The Labute approximate surface area is 221 Å². The molecule has 2 unspecified atom stereocenters. The molecule has 1 fully saturated rings. The first-order valence-corrected chi connectivity index (χ1v) is 12.8. The van der Waals surface area contributed by atoms with E-state index in [2.05, 4.69) is 10.3 Å². The molecule has 8 nitrogen and oxygen atoms in total. The molecule has 1 aromatic heterocycles. The van der Waals surface area contributed by atoms with E-state index >= 15 is 0 Å². The number of hydrogen-bond acceptors (Lipinski definition) is 6. The van der Waals surface area contributed by atoms with Crippen molar-refractivity contribution in [3.63, 3.8) is 0 Å². The van der Waals surface area contributed by atoms with Crippen LogP contribution in [0.4, 0.5) is 5.69 Å². The van der Waals surface area contributed by atoms with Crippen LogP contribution in [0.2, 0.25) is 0 Å². The number of benzene rings is 2. The van der Waals surface area contributed by atoms with E-state index in [-0.39, 0.29) is 17.0 Å². The van der Waals surface area contributed by atoms with Gasteiger partial charge in [0.2, 0.25) is 12.1 Å². The normalized spacial score (nSPS) is 18.8. The molecule has 1 aliphatic carbocycles. The van der Waals surface area contributed by atoms with Gasteiger partial charge in [0.25, 0.3) is 11.1 Å². The minimum atomic E-state index is -1.07. The molecule has 2 heterocycles. The quantitative estimate of drug-likeness (QED) is 0.484. The van der Waals surface area contributed by atoms with Crippen molar-refractivity contribution in [2.75, 3.05) is 11.9 Å². The van der Waals surface area contributed by atoms with Gasteiger partial charge in [0.05, 0.1) is 17.3 Å². The van der Waals surface area contributed by atoms with E-state index in [9.17, 15) is 9.59 Å². The monoisotopic (exact) mass is 515 g/mol. The van der Waals surface area contributed by atoms with Crippen molar-refractivity contribution in [3.05, 3.63) is 84.4 Å². The fourth-order valence-electron chi connectivity index (χ4n) is 4.58. The predicted octanol–water partition coefficient (Wildman–Crippen LogP) is 3.79. The highest BCUT2D eigenvalue weighted by Crippen LogP contribution is 2.37. The zero-order valence-corrected chi connectivity index (χ0v) is 21.6. The number of ether oxygens (including phenoxy) is 1. The lowest BCUT2D eigenvalue weighted by molar-refractivity contribution is -0.132. The summed E-state index contributed by atoms with van der Waals surface area (Å²) in [4.78, 5) is 37.6. The highest BCUT2D eigenvalue weighted by Gasteiger charge is 2.37. The van der Waals surface area contributed by atoms with Crippen molar-refractivity contribution in [1.82, 2.24) is 14.9 Å². The number of amides is 2. The van der Waals surface area contributed by atoms with Crippen LogP contribution >= 0.6 is 12.2 Å². The highest BCUT2D eigenvalue weighted by atomic mass is 32.1. The van der Waals surface area contributed by atoms with Crippen LogP contribution in [0.5, 0.6) is 0 Å². The third-order valence-electron chi connectivity index (χ3n) is 6.86. The van der Waals surface area contributed by atoms with E-state index in [0.29, 0.717) is 18.1 Å². The number of fused-ring (bicyclic) bond motifs is 1. The average molecular weight is 516 g/mol. The maximum atomic E-state index is 13.7. The molecular weight excluding hydrogens is 486 g/mol. The third kappa shape index (κ3) is 5.46. The summed E-state index contributed by atoms with van der Waals surface area (Å²) in [7, 11) is 1.71. The van der Waals surface area contributed by atoms with Crippen molar-refractivity contribution in [2.24, 2.45) is 16.8 Å². The third-order valence-corrected chi connectivity index (χ3v) is 7.17. The Balaban J connectivity index is 1.43. The lowest BCUT2D eigenvalue weighted by atomic mass is 9.95. The molecule has 0 radical (unpaired) electrons. The number of carbonyl (C=O) groups excluding carboxylic acids is 2. The second-order valence-electron chi connectivity index (χ2n) is 9.51. The van der Waals surface area contributed by atoms with Gasteiger partial charge in [-0.25, -0.2) is 9.98 Å². The summed E-state index contributed by atoms with van der Waals surface area (Å²) in [5.41, 5.74) is 3.10. The second-order valence-corrected chi connectivity index (χ2v) is 9.86. The van der Waals surface area contributed by atoms with Crippen LogP contribution in [0.1, 0.15) is 37.3 Å². The number of thiocarbonyl (C=S) groups is 1. The number of likely N-dealkylation sites (N-methyl/N-ethyl adjacent to an activating group) is 1. The Morgan fingerprint density at radius 3 is 2.59 bits per heavy atom. The summed E-state index contributed by atoms with van der Waals surface area (Å²) in [6, 6.07) is 17.3. The molecule has 2 amide bonds. The minimum Gasteiger partial charge on any atom is -0.467 e. The Hall–Kier alpha value is -3.85. The van der Waals surface area contributed by atoms with Gasteiger partial charge in [-0.05, 0) is 37.5 Å². The Morgan fingerprint density at radius 2 is 1.89 bits per heavy atom. The van der Waals surface area contributed by atoms with Gasteiger partial charge in [-0.15, -0.1) is 0 Å². The van der Waals surface area contributed by atoms with Gasteiger partial charge in [0, 0.05) is 30.6 Å². The van der Waals surface area contributed by atoms with Gasteiger partial charge in [-0.1, -0.05) is 61.4 Å². The molecule has 1 aliphatic heterocycles. The Bertz CT molecular complexity index is 1320. The van der Waals surface area contributed by atoms with E-state index in [1.165, 1.54) is 0 Å². The average Bonchev–Trinajstić information content (AvgIpc) is 3.59. The number of nitrogens with zero attached hydrogens (tertiary/aromatic N) is 4. The van der Waals surface area contributed by atoms with Crippen LogP contribution in [-0.2, 0) is 14.3 Å². The van der Waals surface area contributed by atoms with Crippen LogP contribution in [0.15, 0.2) is 78.3 Å². The van der Waals surface area contributed by atoms with Crippen molar-refractivity contribution in [3.8, 4) is 0 Å². The number of benzodiazepines with no additional fused rings is 1. The number of hydrogen-bond donors (Lipinski definition) is 1. The summed E-state index contributed by atoms with van der Waals surface area (Å²) in [6.45, 7) is 1.84. The number of rotatable bonds is 7. The van der Waals surface area contributed by atoms with Gasteiger partial charge in [-0.3, -0.25) is 14.2 Å². The van der Waals surface area contributed by atoms with E-state index < -0.39 is 18.2 Å².